The maximum absolute atomic E-state index is 11.9. The third-order valence-electron chi connectivity index (χ3n) is 2.35. The minimum absolute atomic E-state index is 0.182. The summed E-state index contributed by atoms with van der Waals surface area (Å²) in [5.41, 5.74) is -1.47. The summed E-state index contributed by atoms with van der Waals surface area (Å²) >= 11 is 2.47. The first-order chi connectivity index (χ1) is 8.03. The number of esters is 2. The lowest BCUT2D eigenvalue weighted by Gasteiger charge is -2.28. The number of cyclic esters (lactones) is 1. The van der Waals surface area contributed by atoms with Crippen LogP contribution in [0.2, 0.25) is 0 Å². The molecular formula is C10H14O5S2. The van der Waals surface area contributed by atoms with Crippen LogP contribution in [0.5, 0.6) is 0 Å². The second kappa shape index (κ2) is 5.77. The van der Waals surface area contributed by atoms with E-state index in [-0.39, 0.29) is 12.4 Å². The zero-order valence-electron chi connectivity index (χ0n) is 9.85. The fraction of sp³-hybridized carbons (Fsp3) is 0.700. The van der Waals surface area contributed by atoms with Crippen molar-refractivity contribution < 1.29 is 23.9 Å². The fourth-order valence-corrected chi connectivity index (χ4v) is 3.46. The molecule has 1 aliphatic rings. The number of carbonyl (C=O) groups excluding carboxylic acids is 3. The van der Waals surface area contributed by atoms with Crippen LogP contribution in [-0.2, 0) is 23.9 Å². The molecule has 7 heteroatoms. The second-order valence-corrected chi connectivity index (χ2v) is 5.22. The Hall–Kier alpha value is -0.690. The van der Waals surface area contributed by atoms with E-state index in [0.29, 0.717) is 0 Å². The third kappa shape index (κ3) is 2.44. The highest BCUT2D eigenvalue weighted by molar-refractivity contribution is 8.00. The number of rotatable bonds is 5. The average molecular weight is 278 g/mol. The van der Waals surface area contributed by atoms with Gasteiger partial charge in [0.05, 0.1) is 6.61 Å². The van der Waals surface area contributed by atoms with Crippen LogP contribution in [-0.4, -0.2) is 53.4 Å². The van der Waals surface area contributed by atoms with Crippen LogP contribution in [0.4, 0.5) is 0 Å². The van der Waals surface area contributed by atoms with Gasteiger partial charge in [-0.15, -0.1) is 11.8 Å². The van der Waals surface area contributed by atoms with Gasteiger partial charge in [0.25, 0.3) is 5.78 Å². The second-order valence-electron chi connectivity index (χ2n) is 3.41. The van der Waals surface area contributed by atoms with Gasteiger partial charge in [-0.2, -0.15) is 11.8 Å². The molecule has 96 valence electrons. The summed E-state index contributed by atoms with van der Waals surface area (Å²) in [6.07, 6.45) is 3.44. The van der Waals surface area contributed by atoms with Crippen LogP contribution in [0.25, 0.3) is 0 Å². The van der Waals surface area contributed by atoms with Gasteiger partial charge in [0.2, 0.25) is 5.60 Å². The van der Waals surface area contributed by atoms with Crippen LogP contribution in [0, 0.1) is 0 Å². The molecule has 0 aliphatic carbocycles. The number of hydrogen-bond acceptors (Lipinski definition) is 7. The summed E-state index contributed by atoms with van der Waals surface area (Å²) in [5, 5.41) is -0.818. The molecule has 1 fully saturated rings. The zero-order chi connectivity index (χ0) is 13.1. The number of Topliss-reactive ketones (excluding diaryl/α,β-unsaturated/α-hetero) is 1. The molecule has 17 heavy (non-hydrogen) atoms. The van der Waals surface area contributed by atoms with Gasteiger partial charge in [0, 0.05) is 5.75 Å². The molecule has 0 aromatic heterocycles. The van der Waals surface area contributed by atoms with E-state index in [1.807, 2.05) is 0 Å². The molecule has 1 aliphatic heterocycles. The standard InChI is InChI=1S/C10H14O5S2/c1-4-14-9(13)10(5-16-2)7(17-3)6(11)8(12)15-10/h7H,4-5H2,1-3H3. The van der Waals surface area contributed by atoms with E-state index in [1.165, 1.54) is 11.8 Å². The number of thioether (sulfide) groups is 2. The van der Waals surface area contributed by atoms with Crippen molar-refractivity contribution >= 4 is 41.2 Å². The molecule has 2 unspecified atom stereocenters. The first kappa shape index (κ1) is 14.4. The first-order valence-electron chi connectivity index (χ1n) is 4.99. The molecular weight excluding hydrogens is 264 g/mol. The van der Waals surface area contributed by atoms with E-state index in [9.17, 15) is 14.4 Å². The molecule has 0 amide bonds. The van der Waals surface area contributed by atoms with E-state index in [0.717, 1.165) is 11.8 Å². The molecule has 0 saturated carbocycles. The Morgan fingerprint density at radius 2 is 2.12 bits per heavy atom. The fourth-order valence-electron chi connectivity index (χ4n) is 1.67. The summed E-state index contributed by atoms with van der Waals surface area (Å²) in [4.78, 5) is 34.9. The monoisotopic (exact) mass is 278 g/mol. The predicted molar refractivity (Wildman–Crippen MR) is 66.1 cm³/mol. The Bertz CT molecular complexity index is 344. The minimum atomic E-state index is -1.47. The van der Waals surface area contributed by atoms with Crippen molar-refractivity contribution in [3.63, 3.8) is 0 Å². The van der Waals surface area contributed by atoms with Crippen LogP contribution < -0.4 is 0 Å². The summed E-state index contributed by atoms with van der Waals surface area (Å²) in [6.45, 7) is 1.85. The van der Waals surface area contributed by atoms with Crippen molar-refractivity contribution in [1.29, 1.82) is 0 Å². The summed E-state index contributed by atoms with van der Waals surface area (Å²) in [6, 6.07) is 0. The predicted octanol–water partition coefficient (Wildman–Crippen LogP) is 0.509. The Kier molecular flexibility index (Phi) is 4.88. The van der Waals surface area contributed by atoms with E-state index >= 15 is 0 Å². The van der Waals surface area contributed by atoms with Gasteiger partial charge in [0.1, 0.15) is 5.25 Å². The number of ketones is 1. The van der Waals surface area contributed by atoms with E-state index in [2.05, 4.69) is 0 Å². The van der Waals surface area contributed by atoms with Gasteiger partial charge in [0.15, 0.2) is 0 Å². The average Bonchev–Trinajstić information content (AvgIpc) is 2.53. The van der Waals surface area contributed by atoms with Gasteiger partial charge >= 0.3 is 11.9 Å². The highest BCUT2D eigenvalue weighted by atomic mass is 32.2. The lowest BCUT2D eigenvalue weighted by Crippen LogP contribution is -2.50. The molecule has 0 aromatic rings. The molecule has 2 atom stereocenters. The Labute approximate surface area is 108 Å². The van der Waals surface area contributed by atoms with Crippen molar-refractivity contribution in [2.24, 2.45) is 0 Å². The Morgan fingerprint density at radius 3 is 2.59 bits per heavy atom. The smallest absolute Gasteiger partial charge is 0.377 e. The van der Waals surface area contributed by atoms with Crippen molar-refractivity contribution in [1.82, 2.24) is 0 Å². The summed E-state index contributed by atoms with van der Waals surface area (Å²) in [7, 11) is 0. The zero-order valence-corrected chi connectivity index (χ0v) is 11.5. The largest absolute Gasteiger partial charge is 0.463 e. The van der Waals surface area contributed by atoms with Crippen molar-refractivity contribution in [2.45, 2.75) is 17.8 Å². The SMILES string of the molecule is CCOC(=O)C1(CSC)OC(=O)C(=O)C1SC. The lowest BCUT2D eigenvalue weighted by atomic mass is 10.0. The molecule has 5 nitrogen and oxygen atoms in total. The lowest BCUT2D eigenvalue weighted by molar-refractivity contribution is -0.171. The third-order valence-corrected chi connectivity index (χ3v) is 4.14. The molecule has 0 spiro atoms. The molecule has 0 radical (unpaired) electrons. The van der Waals surface area contributed by atoms with Crippen molar-refractivity contribution in [3.8, 4) is 0 Å². The normalized spacial score (nSPS) is 28.1. The van der Waals surface area contributed by atoms with Gasteiger partial charge in [-0.05, 0) is 19.4 Å². The van der Waals surface area contributed by atoms with E-state index in [4.69, 9.17) is 9.47 Å². The topological polar surface area (TPSA) is 69.7 Å². The van der Waals surface area contributed by atoms with Gasteiger partial charge in [-0.3, -0.25) is 4.79 Å². The number of carbonyl (C=O) groups is 3. The van der Waals surface area contributed by atoms with E-state index < -0.39 is 28.6 Å². The maximum atomic E-state index is 11.9. The van der Waals surface area contributed by atoms with Gasteiger partial charge in [-0.1, -0.05) is 0 Å². The Morgan fingerprint density at radius 1 is 1.47 bits per heavy atom. The summed E-state index contributed by atoms with van der Waals surface area (Å²) < 4.78 is 9.93. The minimum Gasteiger partial charge on any atom is -0.463 e. The van der Waals surface area contributed by atoms with Crippen LogP contribution in [0.15, 0.2) is 0 Å². The number of hydrogen-bond donors (Lipinski definition) is 0. The molecule has 1 saturated heterocycles. The molecule has 1 rings (SSSR count). The van der Waals surface area contributed by atoms with Gasteiger partial charge < -0.3 is 9.47 Å². The van der Waals surface area contributed by atoms with Crippen LogP contribution in [0.1, 0.15) is 6.92 Å². The highest BCUT2D eigenvalue weighted by Gasteiger charge is 2.61. The molecule has 0 bridgehead atoms. The van der Waals surface area contributed by atoms with Crippen LogP contribution in [0.3, 0.4) is 0 Å². The molecule has 1 heterocycles. The Balaban J connectivity index is 3.09. The number of ether oxygens (including phenoxy) is 2. The summed E-state index contributed by atoms with van der Waals surface area (Å²) in [5.74, 6) is -2.05. The van der Waals surface area contributed by atoms with Crippen molar-refractivity contribution in [2.75, 3.05) is 24.9 Å². The van der Waals surface area contributed by atoms with Gasteiger partial charge in [-0.25, -0.2) is 9.59 Å². The first-order valence-corrected chi connectivity index (χ1v) is 7.67. The molecule has 0 aromatic carbocycles. The quantitative estimate of drug-likeness (QED) is 0.536. The van der Waals surface area contributed by atoms with Crippen LogP contribution >= 0.6 is 23.5 Å². The van der Waals surface area contributed by atoms with E-state index in [1.54, 1.807) is 19.4 Å². The molecule has 0 N–H and O–H groups in total. The maximum Gasteiger partial charge on any atom is 0.377 e. The van der Waals surface area contributed by atoms with Crippen molar-refractivity contribution in [3.05, 3.63) is 0 Å². The highest BCUT2D eigenvalue weighted by Crippen LogP contribution is 2.36.